The average molecular weight is 348 g/mol. The quantitative estimate of drug-likeness (QED) is 0.884. The van der Waals surface area contributed by atoms with E-state index in [4.69, 9.17) is 14.2 Å². The van der Waals surface area contributed by atoms with E-state index in [0.717, 1.165) is 0 Å². The number of fused-ring (bicyclic) bond motifs is 1. The topological polar surface area (TPSA) is 77.1 Å². The number of nitrogens with one attached hydrogen (secondary N) is 1. The Hall–Kier alpha value is -2.44. The van der Waals surface area contributed by atoms with Crippen LogP contribution in [0.5, 0.6) is 11.5 Å². The predicted octanol–water partition coefficient (Wildman–Crippen LogP) is 1.95. The zero-order chi connectivity index (χ0) is 18.0. The van der Waals surface area contributed by atoms with Gasteiger partial charge in [0.15, 0.2) is 11.5 Å². The fraction of sp³-hybridized carbons (Fsp3) is 0.556. The van der Waals surface area contributed by atoms with Crippen LogP contribution >= 0.6 is 0 Å². The van der Waals surface area contributed by atoms with Gasteiger partial charge in [0.2, 0.25) is 6.10 Å². The number of carbonyl (C=O) groups is 2. The second-order valence-corrected chi connectivity index (χ2v) is 7.28. The van der Waals surface area contributed by atoms with E-state index in [2.05, 4.69) is 5.32 Å². The number of benzene rings is 1. The van der Waals surface area contributed by atoms with Crippen LogP contribution in [0.2, 0.25) is 0 Å². The first-order chi connectivity index (χ1) is 11.8. The molecule has 0 aliphatic carbocycles. The van der Waals surface area contributed by atoms with Crippen LogP contribution in [0.1, 0.15) is 27.2 Å². The minimum atomic E-state index is -0.689. The second-order valence-electron chi connectivity index (χ2n) is 7.28. The van der Waals surface area contributed by atoms with E-state index < -0.39 is 11.7 Å². The number of likely N-dealkylation sites (tertiary alicyclic amines) is 1. The highest BCUT2D eigenvalue weighted by atomic mass is 16.6. The van der Waals surface area contributed by atoms with E-state index in [9.17, 15) is 9.59 Å². The van der Waals surface area contributed by atoms with Gasteiger partial charge in [-0.2, -0.15) is 0 Å². The molecule has 1 fully saturated rings. The normalized spacial score (nSPS) is 22.4. The van der Waals surface area contributed by atoms with Crippen molar-refractivity contribution in [2.45, 2.75) is 44.9 Å². The summed E-state index contributed by atoms with van der Waals surface area (Å²) in [7, 11) is 0. The van der Waals surface area contributed by atoms with Gasteiger partial charge in [-0.25, -0.2) is 4.79 Å². The highest BCUT2D eigenvalue weighted by Gasteiger charge is 2.33. The molecule has 0 spiro atoms. The van der Waals surface area contributed by atoms with Gasteiger partial charge in [0.25, 0.3) is 5.91 Å². The van der Waals surface area contributed by atoms with E-state index in [-0.39, 0.29) is 24.6 Å². The number of amides is 2. The monoisotopic (exact) mass is 348 g/mol. The maximum atomic E-state index is 12.4. The Morgan fingerprint density at radius 1 is 1.24 bits per heavy atom. The molecule has 1 aromatic carbocycles. The van der Waals surface area contributed by atoms with E-state index in [0.29, 0.717) is 31.0 Å². The lowest BCUT2D eigenvalue weighted by atomic mass is 10.2. The highest BCUT2D eigenvalue weighted by molar-refractivity contribution is 5.82. The third kappa shape index (κ3) is 4.35. The minimum absolute atomic E-state index is 0.110. The van der Waals surface area contributed by atoms with Crippen LogP contribution in [0.25, 0.3) is 0 Å². The van der Waals surface area contributed by atoms with Crippen LogP contribution < -0.4 is 14.8 Å². The first kappa shape index (κ1) is 17.4. The molecule has 1 N–H and O–H groups in total. The molecule has 0 bridgehead atoms. The van der Waals surface area contributed by atoms with Gasteiger partial charge in [-0.3, -0.25) is 4.79 Å². The third-order valence-corrected chi connectivity index (χ3v) is 3.99. The average Bonchev–Trinajstić information content (AvgIpc) is 3.01. The van der Waals surface area contributed by atoms with Crippen molar-refractivity contribution in [3.63, 3.8) is 0 Å². The summed E-state index contributed by atoms with van der Waals surface area (Å²) in [5.74, 6) is 0.977. The summed E-state index contributed by atoms with van der Waals surface area (Å²) >= 11 is 0. The molecule has 1 aromatic rings. The van der Waals surface area contributed by atoms with E-state index in [1.165, 1.54) is 0 Å². The molecule has 1 saturated heterocycles. The first-order valence-electron chi connectivity index (χ1n) is 8.48. The van der Waals surface area contributed by atoms with Gasteiger partial charge in [-0.15, -0.1) is 0 Å². The van der Waals surface area contributed by atoms with Crippen molar-refractivity contribution in [3.05, 3.63) is 24.3 Å². The number of nitrogens with zero attached hydrogens (tertiary/aromatic N) is 1. The summed E-state index contributed by atoms with van der Waals surface area (Å²) in [4.78, 5) is 26.1. The minimum Gasteiger partial charge on any atom is -0.485 e. The summed E-state index contributed by atoms with van der Waals surface area (Å²) in [5.41, 5.74) is -0.529. The maximum Gasteiger partial charge on any atom is 0.410 e. The Bertz CT molecular complexity index is 655. The molecule has 0 unspecified atom stereocenters. The standard InChI is InChI=1S/C18H24N2O5/c1-18(2,3)25-17(22)20-9-8-12(10-20)19-16(21)15-11-23-13-6-4-5-7-14(13)24-15/h4-7,12,15H,8-11H2,1-3H3,(H,19,21)/t12-,15+/m1/s1. The van der Waals surface area contributed by atoms with Gasteiger partial charge < -0.3 is 24.4 Å². The number of hydrogen-bond acceptors (Lipinski definition) is 5. The number of ether oxygens (including phenoxy) is 3. The molecule has 2 aliphatic rings. The SMILES string of the molecule is CC(C)(C)OC(=O)N1CC[C@@H](NC(=O)[C@@H]2COc3ccccc3O2)C1. The molecule has 25 heavy (non-hydrogen) atoms. The summed E-state index contributed by atoms with van der Waals surface area (Å²) in [6.07, 6.45) is -0.351. The van der Waals surface area contributed by atoms with Gasteiger partial charge in [0.05, 0.1) is 0 Å². The molecule has 0 radical (unpaired) electrons. The van der Waals surface area contributed by atoms with Gasteiger partial charge >= 0.3 is 6.09 Å². The van der Waals surface area contributed by atoms with Gasteiger partial charge in [0, 0.05) is 19.1 Å². The van der Waals surface area contributed by atoms with Crippen LogP contribution in [0.15, 0.2) is 24.3 Å². The lowest BCUT2D eigenvalue weighted by molar-refractivity contribution is -0.131. The van der Waals surface area contributed by atoms with Gasteiger partial charge in [0.1, 0.15) is 12.2 Å². The molecule has 2 atom stereocenters. The second kappa shape index (κ2) is 6.82. The Labute approximate surface area is 147 Å². The van der Waals surface area contributed by atoms with E-state index in [1.807, 2.05) is 32.9 Å². The Morgan fingerprint density at radius 2 is 1.96 bits per heavy atom. The van der Waals surface area contributed by atoms with Crippen molar-refractivity contribution in [1.82, 2.24) is 10.2 Å². The maximum absolute atomic E-state index is 12.4. The molecule has 2 aliphatic heterocycles. The number of para-hydroxylation sites is 2. The van der Waals surface area contributed by atoms with Crippen molar-refractivity contribution < 1.29 is 23.8 Å². The largest absolute Gasteiger partial charge is 0.485 e. The smallest absolute Gasteiger partial charge is 0.410 e. The zero-order valence-corrected chi connectivity index (χ0v) is 14.8. The van der Waals surface area contributed by atoms with Crippen molar-refractivity contribution in [3.8, 4) is 11.5 Å². The molecule has 136 valence electrons. The predicted molar refractivity (Wildman–Crippen MR) is 90.7 cm³/mol. The molecule has 0 saturated carbocycles. The fourth-order valence-corrected chi connectivity index (χ4v) is 2.81. The van der Waals surface area contributed by atoms with Crippen LogP contribution in [-0.4, -0.2) is 54.3 Å². The van der Waals surface area contributed by atoms with Crippen molar-refractivity contribution in [2.24, 2.45) is 0 Å². The number of rotatable bonds is 2. The summed E-state index contributed by atoms with van der Waals surface area (Å²) in [6.45, 7) is 6.66. The highest BCUT2D eigenvalue weighted by Crippen LogP contribution is 2.31. The summed E-state index contributed by atoms with van der Waals surface area (Å²) in [5, 5.41) is 2.93. The molecule has 0 aromatic heterocycles. The Kier molecular flexibility index (Phi) is 4.74. The van der Waals surface area contributed by atoms with Crippen LogP contribution in [0, 0.1) is 0 Å². The summed E-state index contributed by atoms with van der Waals surface area (Å²) in [6, 6.07) is 7.15. The summed E-state index contributed by atoms with van der Waals surface area (Å²) < 4.78 is 16.6. The lowest BCUT2D eigenvalue weighted by Crippen LogP contribution is -2.48. The zero-order valence-electron chi connectivity index (χ0n) is 14.8. The molecular formula is C18H24N2O5. The third-order valence-electron chi connectivity index (χ3n) is 3.99. The molecular weight excluding hydrogens is 324 g/mol. The number of hydrogen-bond donors (Lipinski definition) is 1. The van der Waals surface area contributed by atoms with Crippen molar-refractivity contribution >= 4 is 12.0 Å². The van der Waals surface area contributed by atoms with E-state index >= 15 is 0 Å². The molecule has 2 amide bonds. The lowest BCUT2D eigenvalue weighted by Gasteiger charge is -2.27. The fourth-order valence-electron chi connectivity index (χ4n) is 2.81. The van der Waals surface area contributed by atoms with Gasteiger partial charge in [-0.05, 0) is 39.3 Å². The number of carbonyl (C=O) groups excluding carboxylic acids is 2. The molecule has 3 rings (SSSR count). The Balaban J connectivity index is 1.50. The van der Waals surface area contributed by atoms with Crippen molar-refractivity contribution in [1.29, 1.82) is 0 Å². The van der Waals surface area contributed by atoms with Crippen LogP contribution in [-0.2, 0) is 9.53 Å². The Morgan fingerprint density at radius 3 is 2.68 bits per heavy atom. The molecule has 2 heterocycles. The molecule has 7 nitrogen and oxygen atoms in total. The van der Waals surface area contributed by atoms with E-state index in [1.54, 1.807) is 17.0 Å². The first-order valence-corrected chi connectivity index (χ1v) is 8.48. The van der Waals surface area contributed by atoms with Crippen LogP contribution in [0.3, 0.4) is 0 Å². The van der Waals surface area contributed by atoms with Crippen molar-refractivity contribution in [2.75, 3.05) is 19.7 Å². The molecule has 7 heteroatoms. The van der Waals surface area contributed by atoms with Crippen LogP contribution in [0.4, 0.5) is 4.79 Å². The van der Waals surface area contributed by atoms with Gasteiger partial charge in [-0.1, -0.05) is 12.1 Å².